The highest BCUT2D eigenvalue weighted by molar-refractivity contribution is 7.99. The van der Waals surface area contributed by atoms with Crippen molar-refractivity contribution in [3.05, 3.63) is 61.1 Å². The molecule has 0 atom stereocenters. The van der Waals surface area contributed by atoms with E-state index in [-0.39, 0.29) is 0 Å². The third kappa shape index (κ3) is 4.96. The number of hydrogen-bond donors (Lipinski definition) is 1. The normalized spacial score (nSPS) is 11.2. The lowest BCUT2D eigenvalue weighted by molar-refractivity contribution is -0.192. The number of hydrogen-bond acceptors (Lipinski definition) is 5. The van der Waals surface area contributed by atoms with Gasteiger partial charge in [0.2, 0.25) is 0 Å². The number of carbonyl (C=O) groups is 1. The molecule has 1 N–H and O–H groups in total. The molecule has 1 aromatic carbocycles. The van der Waals surface area contributed by atoms with Crippen LogP contribution in [0.3, 0.4) is 0 Å². The first-order valence-corrected chi connectivity index (χ1v) is 8.96. The lowest BCUT2D eigenvalue weighted by atomic mass is 10.1. The van der Waals surface area contributed by atoms with Crippen LogP contribution in [0.5, 0.6) is 0 Å². The number of halogens is 3. The number of carboxylic acid groups (broad SMARTS) is 1. The largest absolute Gasteiger partial charge is 0.490 e. The predicted octanol–water partition coefficient (Wildman–Crippen LogP) is 5.01. The van der Waals surface area contributed by atoms with Gasteiger partial charge in [-0.2, -0.15) is 18.3 Å². The molecule has 10 heteroatoms. The number of alkyl halides is 3. The summed E-state index contributed by atoms with van der Waals surface area (Å²) >= 11 is 1.64. The Bertz CT molecular complexity index is 1120. The van der Waals surface area contributed by atoms with Gasteiger partial charge in [-0.25, -0.2) is 9.78 Å². The van der Waals surface area contributed by atoms with Gasteiger partial charge in [0.05, 0.1) is 17.3 Å². The molecule has 0 radical (unpaired) electrons. The van der Waals surface area contributed by atoms with E-state index in [1.807, 2.05) is 36.1 Å². The van der Waals surface area contributed by atoms with Crippen LogP contribution in [-0.4, -0.2) is 32.0 Å². The van der Waals surface area contributed by atoms with E-state index in [0.29, 0.717) is 0 Å². The van der Waals surface area contributed by atoms with Crippen molar-refractivity contribution in [3.8, 4) is 11.3 Å². The van der Waals surface area contributed by atoms with E-state index < -0.39 is 12.1 Å². The second-order valence-electron chi connectivity index (χ2n) is 5.72. The van der Waals surface area contributed by atoms with E-state index in [4.69, 9.17) is 14.3 Å². The fourth-order valence-corrected chi connectivity index (χ4v) is 3.30. The first kappa shape index (κ1) is 20.5. The summed E-state index contributed by atoms with van der Waals surface area (Å²) in [6.07, 6.45) is 0.196. The summed E-state index contributed by atoms with van der Waals surface area (Å²) in [4.78, 5) is 14.5. The monoisotopic (exact) mass is 421 g/mol. The molecule has 0 spiro atoms. The summed E-state index contributed by atoms with van der Waals surface area (Å²) in [6, 6.07) is 14.3. The summed E-state index contributed by atoms with van der Waals surface area (Å²) in [6.45, 7) is 0. The molecule has 0 bridgehead atoms. The number of furan rings is 1. The minimum absolute atomic E-state index is 0.865. The maximum atomic E-state index is 10.6. The zero-order valence-electron chi connectivity index (χ0n) is 14.9. The topological polar surface area (TPSA) is 81.2 Å². The average Bonchev–Trinajstić information content (AvgIpc) is 3.31. The van der Waals surface area contributed by atoms with Gasteiger partial charge in [-0.1, -0.05) is 23.9 Å². The Kier molecular flexibility index (Phi) is 5.92. The van der Waals surface area contributed by atoms with Crippen LogP contribution in [0.25, 0.3) is 22.2 Å². The molecule has 0 aliphatic carbocycles. The fraction of sp³-hybridized carbons (Fsp3) is 0.105. The van der Waals surface area contributed by atoms with Crippen LogP contribution in [0.2, 0.25) is 0 Å². The second-order valence-corrected chi connectivity index (χ2v) is 6.78. The summed E-state index contributed by atoms with van der Waals surface area (Å²) in [5, 5.41) is 13.3. The van der Waals surface area contributed by atoms with Crippen LogP contribution in [0.4, 0.5) is 13.2 Å². The van der Waals surface area contributed by atoms with Gasteiger partial charge in [0.25, 0.3) is 0 Å². The fourth-order valence-electron chi connectivity index (χ4n) is 2.41. The number of carboxylic acids is 1. The van der Waals surface area contributed by atoms with Crippen molar-refractivity contribution < 1.29 is 27.5 Å². The number of fused-ring (bicyclic) bond motifs is 1. The molecule has 150 valence electrons. The van der Waals surface area contributed by atoms with Crippen molar-refractivity contribution in [2.24, 2.45) is 7.05 Å². The number of benzene rings is 1. The molecule has 3 aromatic heterocycles. The van der Waals surface area contributed by atoms with E-state index in [2.05, 4.69) is 34.3 Å². The molecule has 29 heavy (non-hydrogen) atoms. The maximum Gasteiger partial charge on any atom is 0.490 e. The quantitative estimate of drug-likeness (QED) is 0.501. The van der Waals surface area contributed by atoms with Gasteiger partial charge < -0.3 is 9.52 Å². The Balaban J connectivity index is 0.000000298. The molecular formula is C19H14F3N3O3S. The zero-order chi connectivity index (χ0) is 21.0. The van der Waals surface area contributed by atoms with Gasteiger partial charge in [-0.15, -0.1) is 0 Å². The zero-order valence-corrected chi connectivity index (χ0v) is 15.7. The molecule has 4 aromatic rings. The molecule has 3 heterocycles. The van der Waals surface area contributed by atoms with Crippen LogP contribution in [-0.2, 0) is 11.8 Å². The minimum atomic E-state index is -5.08. The number of aliphatic carboxylic acids is 1. The number of aryl methyl sites for hydroxylation is 1. The Hall–Kier alpha value is -3.27. The maximum absolute atomic E-state index is 10.6. The van der Waals surface area contributed by atoms with Crippen molar-refractivity contribution in [3.63, 3.8) is 0 Å². The summed E-state index contributed by atoms with van der Waals surface area (Å²) in [5.41, 5.74) is 3.12. The first-order chi connectivity index (χ1) is 13.8. The molecule has 0 aliphatic rings. The van der Waals surface area contributed by atoms with Gasteiger partial charge >= 0.3 is 12.1 Å². The Morgan fingerprint density at radius 2 is 1.79 bits per heavy atom. The van der Waals surface area contributed by atoms with Gasteiger partial charge in [-0.3, -0.25) is 4.68 Å². The number of rotatable bonds is 3. The SMILES string of the molecule is Cn1nccc1-c1ccc(Sc2nccc3occc23)cc1.O=C(O)C(F)(F)F. The van der Waals surface area contributed by atoms with E-state index >= 15 is 0 Å². The summed E-state index contributed by atoms with van der Waals surface area (Å²) in [7, 11) is 1.95. The predicted molar refractivity (Wildman–Crippen MR) is 100 cm³/mol. The highest BCUT2D eigenvalue weighted by Gasteiger charge is 2.38. The van der Waals surface area contributed by atoms with Gasteiger partial charge in [0.1, 0.15) is 10.6 Å². The Morgan fingerprint density at radius 1 is 1.10 bits per heavy atom. The van der Waals surface area contributed by atoms with Crippen LogP contribution < -0.4 is 0 Å². The highest BCUT2D eigenvalue weighted by Crippen LogP contribution is 2.33. The lowest BCUT2D eigenvalue weighted by Crippen LogP contribution is -2.21. The number of nitrogens with zero attached hydrogens (tertiary/aromatic N) is 3. The number of pyridine rings is 1. The van der Waals surface area contributed by atoms with E-state index in [0.717, 1.165) is 32.1 Å². The minimum Gasteiger partial charge on any atom is -0.475 e. The van der Waals surface area contributed by atoms with Gasteiger partial charge in [0, 0.05) is 24.3 Å². The molecule has 6 nitrogen and oxygen atoms in total. The van der Waals surface area contributed by atoms with Crippen molar-refractivity contribution in [1.82, 2.24) is 14.8 Å². The Morgan fingerprint density at radius 3 is 2.38 bits per heavy atom. The highest BCUT2D eigenvalue weighted by atomic mass is 32.2. The molecule has 0 saturated heterocycles. The molecule has 0 fully saturated rings. The average molecular weight is 421 g/mol. The smallest absolute Gasteiger partial charge is 0.475 e. The van der Waals surface area contributed by atoms with Gasteiger partial charge in [0.15, 0.2) is 0 Å². The van der Waals surface area contributed by atoms with Gasteiger partial charge in [-0.05, 0) is 35.9 Å². The molecule has 0 unspecified atom stereocenters. The second kappa shape index (κ2) is 8.39. The van der Waals surface area contributed by atoms with Crippen molar-refractivity contribution in [2.75, 3.05) is 0 Å². The van der Waals surface area contributed by atoms with E-state index in [9.17, 15) is 13.2 Å². The third-order valence-electron chi connectivity index (χ3n) is 3.77. The summed E-state index contributed by atoms with van der Waals surface area (Å²) in [5.74, 6) is -2.76. The third-order valence-corrected chi connectivity index (χ3v) is 4.80. The van der Waals surface area contributed by atoms with Crippen LogP contribution in [0.15, 0.2) is 75.5 Å². The van der Waals surface area contributed by atoms with Crippen molar-refractivity contribution >= 4 is 28.7 Å². The molecule has 0 saturated carbocycles. The van der Waals surface area contributed by atoms with Crippen LogP contribution in [0.1, 0.15) is 0 Å². The van der Waals surface area contributed by atoms with E-state index in [1.165, 1.54) is 0 Å². The van der Waals surface area contributed by atoms with Crippen LogP contribution >= 0.6 is 11.8 Å². The molecule has 0 aliphatic heterocycles. The molecule has 4 rings (SSSR count). The van der Waals surface area contributed by atoms with Crippen molar-refractivity contribution in [1.29, 1.82) is 0 Å². The Labute approximate surface area is 167 Å². The molecular weight excluding hydrogens is 407 g/mol. The first-order valence-electron chi connectivity index (χ1n) is 8.14. The van der Waals surface area contributed by atoms with E-state index in [1.54, 1.807) is 24.2 Å². The molecule has 0 amide bonds. The summed E-state index contributed by atoms with van der Waals surface area (Å²) < 4.78 is 39.0. The number of aromatic nitrogens is 3. The lowest BCUT2D eigenvalue weighted by Gasteiger charge is -2.05. The van der Waals surface area contributed by atoms with Crippen molar-refractivity contribution in [2.45, 2.75) is 16.1 Å². The van der Waals surface area contributed by atoms with Crippen LogP contribution in [0, 0.1) is 0 Å². The standard InChI is InChI=1S/C17H13N3OS.C2HF3O2/c1-20-15(6-10-19-20)12-2-4-13(5-3-12)22-17-14-8-11-21-16(14)7-9-18-17;3-2(4,5)1(6)7/h2-11H,1H3;(H,6,7).